The Morgan fingerprint density at radius 2 is 1.77 bits per heavy atom. The summed E-state index contributed by atoms with van der Waals surface area (Å²) >= 11 is 0. The van der Waals surface area contributed by atoms with Crippen LogP contribution in [0.1, 0.15) is 52.4 Å². The van der Waals surface area contributed by atoms with E-state index in [-0.39, 0.29) is 24.5 Å². The van der Waals surface area contributed by atoms with E-state index in [1.54, 1.807) is 0 Å². The average molecular weight is 313 g/mol. The van der Waals surface area contributed by atoms with E-state index in [9.17, 15) is 14.4 Å². The van der Waals surface area contributed by atoms with Crippen molar-refractivity contribution >= 4 is 17.9 Å². The minimum Gasteiger partial charge on any atom is -0.480 e. The lowest BCUT2D eigenvalue weighted by atomic mass is 9.96. The summed E-state index contributed by atoms with van der Waals surface area (Å²) in [6, 6.07) is -1.13. The second kappa shape index (κ2) is 9.27. The van der Waals surface area contributed by atoms with Crippen molar-refractivity contribution in [3.05, 3.63) is 0 Å². The third kappa shape index (κ3) is 7.28. The SMILES string of the molecule is CC(C)CC(NC(=O)CNC(=O)NC1CCCCC1)C(=O)O. The summed E-state index contributed by atoms with van der Waals surface area (Å²) in [5.74, 6) is -1.40. The van der Waals surface area contributed by atoms with Gasteiger partial charge >= 0.3 is 12.0 Å². The van der Waals surface area contributed by atoms with Crippen LogP contribution in [0.2, 0.25) is 0 Å². The van der Waals surface area contributed by atoms with Gasteiger partial charge in [-0.05, 0) is 25.2 Å². The van der Waals surface area contributed by atoms with Crippen LogP contribution < -0.4 is 16.0 Å². The van der Waals surface area contributed by atoms with Gasteiger partial charge in [-0.2, -0.15) is 0 Å². The Kier molecular flexibility index (Phi) is 7.70. The zero-order valence-corrected chi connectivity index (χ0v) is 13.4. The van der Waals surface area contributed by atoms with E-state index in [0.29, 0.717) is 6.42 Å². The fourth-order valence-corrected chi connectivity index (χ4v) is 2.58. The molecule has 0 heterocycles. The van der Waals surface area contributed by atoms with Crippen molar-refractivity contribution < 1.29 is 19.5 Å². The molecule has 0 radical (unpaired) electrons. The Bertz CT molecular complexity index is 392. The highest BCUT2D eigenvalue weighted by atomic mass is 16.4. The number of carboxylic acid groups (broad SMARTS) is 1. The highest BCUT2D eigenvalue weighted by Crippen LogP contribution is 2.17. The molecule has 1 aliphatic carbocycles. The van der Waals surface area contributed by atoms with Gasteiger partial charge in [-0.25, -0.2) is 9.59 Å². The molecule has 1 fully saturated rings. The van der Waals surface area contributed by atoms with E-state index in [0.717, 1.165) is 25.7 Å². The number of hydrogen-bond acceptors (Lipinski definition) is 3. The minimum absolute atomic E-state index is 0.156. The summed E-state index contributed by atoms with van der Waals surface area (Å²) in [7, 11) is 0. The van der Waals surface area contributed by atoms with Gasteiger partial charge in [0.05, 0.1) is 6.54 Å². The summed E-state index contributed by atoms with van der Waals surface area (Å²) in [6.45, 7) is 3.55. The van der Waals surface area contributed by atoms with Gasteiger partial charge in [0.25, 0.3) is 0 Å². The van der Waals surface area contributed by atoms with Gasteiger partial charge in [-0.3, -0.25) is 4.79 Å². The first-order chi connectivity index (χ1) is 10.4. The van der Waals surface area contributed by atoms with E-state index < -0.39 is 17.9 Å². The highest BCUT2D eigenvalue weighted by molar-refractivity contribution is 5.87. The molecule has 126 valence electrons. The number of carbonyl (C=O) groups is 3. The number of amides is 3. The molecule has 0 saturated heterocycles. The second-order valence-corrected chi connectivity index (χ2v) is 6.25. The van der Waals surface area contributed by atoms with Crippen molar-refractivity contribution in [1.29, 1.82) is 0 Å². The smallest absolute Gasteiger partial charge is 0.326 e. The normalized spacial score (nSPS) is 16.9. The summed E-state index contributed by atoms with van der Waals surface area (Å²) in [4.78, 5) is 34.5. The Morgan fingerprint density at radius 3 is 2.32 bits per heavy atom. The molecule has 1 aliphatic rings. The number of nitrogens with one attached hydrogen (secondary N) is 3. The summed E-state index contributed by atoms with van der Waals surface area (Å²) < 4.78 is 0. The molecule has 0 aromatic rings. The molecule has 1 saturated carbocycles. The van der Waals surface area contributed by atoms with Gasteiger partial charge in [-0.1, -0.05) is 33.1 Å². The van der Waals surface area contributed by atoms with Crippen LogP contribution in [-0.2, 0) is 9.59 Å². The van der Waals surface area contributed by atoms with Crippen molar-refractivity contribution in [2.75, 3.05) is 6.54 Å². The lowest BCUT2D eigenvalue weighted by molar-refractivity contribution is -0.142. The largest absolute Gasteiger partial charge is 0.480 e. The maximum Gasteiger partial charge on any atom is 0.326 e. The summed E-state index contributed by atoms with van der Waals surface area (Å²) in [5.41, 5.74) is 0. The molecule has 4 N–H and O–H groups in total. The summed E-state index contributed by atoms with van der Waals surface area (Å²) in [6.07, 6.45) is 5.72. The van der Waals surface area contributed by atoms with Crippen LogP contribution in [0.15, 0.2) is 0 Å². The van der Waals surface area contributed by atoms with E-state index in [1.165, 1.54) is 6.42 Å². The van der Waals surface area contributed by atoms with E-state index in [4.69, 9.17) is 5.11 Å². The van der Waals surface area contributed by atoms with Crippen LogP contribution in [0.3, 0.4) is 0 Å². The summed E-state index contributed by atoms with van der Waals surface area (Å²) in [5, 5.41) is 16.8. The molecular weight excluding hydrogens is 286 g/mol. The number of hydrogen-bond donors (Lipinski definition) is 4. The zero-order chi connectivity index (χ0) is 16.5. The van der Waals surface area contributed by atoms with Crippen molar-refractivity contribution in [3.8, 4) is 0 Å². The molecule has 1 unspecified atom stereocenters. The quantitative estimate of drug-likeness (QED) is 0.567. The molecular formula is C15H27N3O4. The Hall–Kier alpha value is -1.79. The predicted molar refractivity (Wildman–Crippen MR) is 82.4 cm³/mol. The molecule has 0 aromatic carbocycles. The molecule has 0 aliphatic heterocycles. The molecule has 1 rings (SSSR count). The lowest BCUT2D eigenvalue weighted by Crippen LogP contribution is -2.49. The lowest BCUT2D eigenvalue weighted by Gasteiger charge is -2.23. The first-order valence-electron chi connectivity index (χ1n) is 7.95. The molecule has 22 heavy (non-hydrogen) atoms. The van der Waals surface area contributed by atoms with Crippen LogP contribution in [0.4, 0.5) is 4.79 Å². The van der Waals surface area contributed by atoms with Crippen LogP contribution in [0.25, 0.3) is 0 Å². The third-order valence-corrected chi connectivity index (χ3v) is 3.69. The molecule has 0 bridgehead atoms. The van der Waals surface area contributed by atoms with Gasteiger partial charge in [0.1, 0.15) is 6.04 Å². The Morgan fingerprint density at radius 1 is 1.14 bits per heavy atom. The number of carboxylic acids is 1. The zero-order valence-electron chi connectivity index (χ0n) is 13.4. The van der Waals surface area contributed by atoms with Crippen LogP contribution in [0.5, 0.6) is 0 Å². The van der Waals surface area contributed by atoms with E-state index >= 15 is 0 Å². The number of carbonyl (C=O) groups excluding carboxylic acids is 2. The van der Waals surface area contributed by atoms with Crippen LogP contribution in [0, 0.1) is 5.92 Å². The first kappa shape index (κ1) is 18.3. The van der Waals surface area contributed by atoms with E-state index in [2.05, 4.69) is 16.0 Å². The van der Waals surface area contributed by atoms with Gasteiger partial charge in [0, 0.05) is 6.04 Å². The molecule has 0 spiro atoms. The molecule has 7 heteroatoms. The van der Waals surface area contributed by atoms with Crippen molar-refractivity contribution in [1.82, 2.24) is 16.0 Å². The Labute approximate surface area is 131 Å². The van der Waals surface area contributed by atoms with Crippen LogP contribution in [-0.4, -0.2) is 41.6 Å². The first-order valence-corrected chi connectivity index (χ1v) is 7.95. The maximum atomic E-state index is 11.7. The number of urea groups is 1. The molecule has 7 nitrogen and oxygen atoms in total. The van der Waals surface area contributed by atoms with Gasteiger partial charge < -0.3 is 21.1 Å². The average Bonchev–Trinajstić information content (AvgIpc) is 2.45. The van der Waals surface area contributed by atoms with Crippen molar-refractivity contribution in [2.45, 2.75) is 64.5 Å². The van der Waals surface area contributed by atoms with Crippen molar-refractivity contribution in [3.63, 3.8) is 0 Å². The topological polar surface area (TPSA) is 108 Å². The number of aliphatic carboxylic acids is 1. The molecule has 0 aromatic heterocycles. The molecule has 1 atom stereocenters. The minimum atomic E-state index is -1.06. The third-order valence-electron chi connectivity index (χ3n) is 3.69. The maximum absolute atomic E-state index is 11.7. The van der Waals surface area contributed by atoms with E-state index in [1.807, 2.05) is 13.8 Å². The number of rotatable bonds is 7. The highest BCUT2D eigenvalue weighted by Gasteiger charge is 2.21. The fourth-order valence-electron chi connectivity index (χ4n) is 2.58. The standard InChI is InChI=1S/C15H27N3O4/c1-10(2)8-12(14(20)21)18-13(19)9-16-15(22)17-11-6-4-3-5-7-11/h10-12H,3-9H2,1-2H3,(H,18,19)(H,20,21)(H2,16,17,22). The van der Waals surface area contributed by atoms with Crippen molar-refractivity contribution in [2.24, 2.45) is 5.92 Å². The monoisotopic (exact) mass is 313 g/mol. The fraction of sp³-hybridized carbons (Fsp3) is 0.800. The second-order valence-electron chi connectivity index (χ2n) is 6.25. The van der Waals surface area contributed by atoms with Crippen LogP contribution >= 0.6 is 0 Å². The molecule has 3 amide bonds. The predicted octanol–water partition coefficient (Wildman–Crippen LogP) is 1.23. The van der Waals surface area contributed by atoms with Gasteiger partial charge in [0.2, 0.25) is 5.91 Å². The van der Waals surface area contributed by atoms with Gasteiger partial charge in [0.15, 0.2) is 0 Å². The Balaban J connectivity index is 2.28. The van der Waals surface area contributed by atoms with Gasteiger partial charge in [-0.15, -0.1) is 0 Å².